The van der Waals surface area contributed by atoms with Crippen LogP contribution >= 0.6 is 22.7 Å². The summed E-state index contributed by atoms with van der Waals surface area (Å²) in [7, 11) is 0. The number of rotatable bonds is 3. The predicted molar refractivity (Wildman–Crippen MR) is 74.1 cm³/mol. The molecule has 0 spiro atoms. The molecule has 20 heavy (non-hydrogen) atoms. The van der Waals surface area contributed by atoms with E-state index in [1.807, 2.05) is 23.6 Å². The Morgan fingerprint density at radius 1 is 1.10 bits per heavy atom. The van der Waals surface area contributed by atoms with Crippen molar-refractivity contribution in [3.63, 3.8) is 0 Å². The molecule has 2 amide bonds. The molecule has 0 bridgehead atoms. The highest BCUT2D eigenvalue weighted by Gasteiger charge is 2.33. The minimum atomic E-state index is -0.679. The fourth-order valence-electron chi connectivity index (χ4n) is 1.78. The minimum Gasteiger partial charge on any atom is -0.324 e. The first-order valence-corrected chi connectivity index (χ1v) is 7.56. The van der Waals surface area contributed by atoms with E-state index >= 15 is 0 Å². The lowest BCUT2D eigenvalue weighted by atomic mass is 10.4. The molecule has 3 rings (SSSR count). The van der Waals surface area contributed by atoms with Crippen LogP contribution in [0.25, 0.3) is 9.75 Å². The molecule has 1 aliphatic rings. The van der Waals surface area contributed by atoms with Crippen LogP contribution in [0.5, 0.6) is 0 Å². The van der Waals surface area contributed by atoms with Crippen LogP contribution in [0.15, 0.2) is 29.6 Å². The second-order valence-electron chi connectivity index (χ2n) is 4.10. The van der Waals surface area contributed by atoms with Gasteiger partial charge in [-0.2, -0.15) is 0 Å². The summed E-state index contributed by atoms with van der Waals surface area (Å²) in [6.45, 7) is 0. The largest absolute Gasteiger partial charge is 0.373 e. The lowest BCUT2D eigenvalue weighted by Crippen LogP contribution is -2.31. The minimum absolute atomic E-state index is 0.0942. The normalized spacial score (nSPS) is 14.9. The van der Waals surface area contributed by atoms with Gasteiger partial charge in [0.2, 0.25) is 0 Å². The molecule has 1 saturated heterocycles. The Bertz CT molecular complexity index is 658. The monoisotopic (exact) mass is 307 g/mol. The van der Waals surface area contributed by atoms with E-state index in [0.29, 0.717) is 9.94 Å². The van der Waals surface area contributed by atoms with Crippen LogP contribution in [0.3, 0.4) is 0 Å². The fourth-order valence-corrected chi connectivity index (χ4v) is 3.50. The number of hydrogen-bond donors (Lipinski definition) is 0. The number of hydrogen-bond acceptors (Lipinski definition) is 6. The van der Waals surface area contributed by atoms with Crippen LogP contribution in [0.4, 0.5) is 0 Å². The molecule has 0 aliphatic carbocycles. The zero-order chi connectivity index (χ0) is 14.1. The molecule has 1 fully saturated rings. The number of amides is 2. The van der Waals surface area contributed by atoms with Crippen molar-refractivity contribution in [2.24, 2.45) is 0 Å². The summed E-state index contributed by atoms with van der Waals surface area (Å²) < 4.78 is 0. The van der Waals surface area contributed by atoms with Crippen LogP contribution in [-0.4, -0.2) is 22.8 Å². The summed E-state index contributed by atoms with van der Waals surface area (Å²) in [6, 6.07) is 7.34. The lowest BCUT2D eigenvalue weighted by Gasteiger charge is -2.11. The van der Waals surface area contributed by atoms with Gasteiger partial charge in [0, 0.05) is 22.6 Å². The molecule has 7 heteroatoms. The zero-order valence-electron chi connectivity index (χ0n) is 10.2. The standard InChI is InChI=1S/C13H9NO4S2/c15-11-5-6-12(16)14(11)18-13(17)10-4-3-9(20-10)8-2-1-7-19-8/h1-4,7H,5-6H2. The van der Waals surface area contributed by atoms with Gasteiger partial charge in [-0.05, 0) is 23.6 Å². The summed E-state index contributed by atoms with van der Waals surface area (Å²) in [6.07, 6.45) is 0.188. The molecule has 0 aromatic carbocycles. The highest BCUT2D eigenvalue weighted by molar-refractivity contribution is 7.22. The summed E-state index contributed by atoms with van der Waals surface area (Å²) in [5.74, 6) is -1.63. The molecule has 0 atom stereocenters. The second-order valence-corrected chi connectivity index (χ2v) is 6.13. The van der Waals surface area contributed by atoms with Gasteiger partial charge in [0.15, 0.2) is 0 Å². The summed E-state index contributed by atoms with van der Waals surface area (Å²) in [5, 5.41) is 2.52. The molecular weight excluding hydrogens is 298 g/mol. The van der Waals surface area contributed by atoms with Crippen molar-refractivity contribution in [3.8, 4) is 9.75 Å². The van der Waals surface area contributed by atoms with Gasteiger partial charge in [0.05, 0.1) is 0 Å². The first-order valence-electron chi connectivity index (χ1n) is 5.87. The zero-order valence-corrected chi connectivity index (χ0v) is 11.8. The third kappa shape index (κ3) is 2.37. The number of thiophene rings is 2. The average molecular weight is 307 g/mol. The molecule has 0 radical (unpaired) electrons. The van der Waals surface area contributed by atoms with Crippen molar-refractivity contribution in [2.75, 3.05) is 0 Å². The molecule has 1 aliphatic heterocycles. The average Bonchev–Trinajstić information content (AvgIpc) is 3.14. The molecule has 0 N–H and O–H groups in total. The molecule has 2 aromatic rings. The smallest absolute Gasteiger partial charge is 0.324 e. The number of carbonyl (C=O) groups excluding carboxylic acids is 3. The number of carbonyl (C=O) groups is 3. The summed E-state index contributed by atoms with van der Waals surface area (Å²) >= 11 is 2.85. The van der Waals surface area contributed by atoms with Gasteiger partial charge in [-0.25, -0.2) is 4.79 Å². The van der Waals surface area contributed by atoms with Gasteiger partial charge in [0.1, 0.15) is 4.88 Å². The van der Waals surface area contributed by atoms with Gasteiger partial charge >= 0.3 is 5.97 Å². The van der Waals surface area contributed by atoms with Crippen LogP contribution in [0.2, 0.25) is 0 Å². The Balaban J connectivity index is 1.75. The lowest BCUT2D eigenvalue weighted by molar-refractivity contribution is -0.172. The molecule has 3 heterocycles. The Labute approximate surface area is 122 Å². The van der Waals surface area contributed by atoms with Crippen molar-refractivity contribution < 1.29 is 19.2 Å². The molecule has 2 aromatic heterocycles. The van der Waals surface area contributed by atoms with E-state index < -0.39 is 17.8 Å². The van der Waals surface area contributed by atoms with Crippen LogP contribution in [-0.2, 0) is 14.4 Å². The van der Waals surface area contributed by atoms with Crippen molar-refractivity contribution in [1.82, 2.24) is 5.06 Å². The van der Waals surface area contributed by atoms with Crippen LogP contribution in [0, 0.1) is 0 Å². The number of imide groups is 1. The maximum Gasteiger partial charge on any atom is 0.373 e. The van der Waals surface area contributed by atoms with E-state index in [0.717, 1.165) is 9.75 Å². The number of hydroxylamine groups is 2. The van der Waals surface area contributed by atoms with E-state index in [-0.39, 0.29) is 12.8 Å². The third-order valence-electron chi connectivity index (χ3n) is 2.75. The highest BCUT2D eigenvalue weighted by atomic mass is 32.1. The SMILES string of the molecule is O=C(ON1C(=O)CCC1=O)c1ccc(-c2cccs2)s1. The molecule has 102 valence electrons. The van der Waals surface area contributed by atoms with E-state index in [1.54, 1.807) is 17.4 Å². The van der Waals surface area contributed by atoms with E-state index in [4.69, 9.17) is 4.84 Å². The topological polar surface area (TPSA) is 63.7 Å². The van der Waals surface area contributed by atoms with Crippen LogP contribution < -0.4 is 0 Å². The fraction of sp³-hybridized carbons (Fsp3) is 0.154. The summed E-state index contributed by atoms with van der Waals surface area (Å²) in [5.41, 5.74) is 0. The predicted octanol–water partition coefficient (Wildman–Crippen LogP) is 2.70. The second kappa shape index (κ2) is 5.18. The highest BCUT2D eigenvalue weighted by Crippen LogP contribution is 2.32. The molecular formula is C13H9NO4S2. The summed E-state index contributed by atoms with van der Waals surface area (Å²) in [4.78, 5) is 41.9. The Kier molecular flexibility index (Phi) is 3.37. The van der Waals surface area contributed by atoms with Crippen LogP contribution in [0.1, 0.15) is 22.5 Å². The van der Waals surface area contributed by atoms with Crippen molar-refractivity contribution >= 4 is 40.5 Å². The Hall–Kier alpha value is -1.99. The molecule has 5 nitrogen and oxygen atoms in total. The van der Waals surface area contributed by atoms with Gasteiger partial charge in [-0.1, -0.05) is 6.07 Å². The quantitative estimate of drug-likeness (QED) is 0.818. The Morgan fingerprint density at radius 3 is 2.50 bits per heavy atom. The van der Waals surface area contributed by atoms with Crippen molar-refractivity contribution in [3.05, 3.63) is 34.5 Å². The number of nitrogens with zero attached hydrogens (tertiary/aromatic N) is 1. The first kappa shape index (κ1) is 13.0. The van der Waals surface area contributed by atoms with Crippen molar-refractivity contribution in [2.45, 2.75) is 12.8 Å². The maximum atomic E-state index is 11.9. The molecule has 0 saturated carbocycles. The van der Waals surface area contributed by atoms with E-state index in [9.17, 15) is 14.4 Å². The molecule has 0 unspecified atom stereocenters. The van der Waals surface area contributed by atoms with E-state index in [1.165, 1.54) is 11.3 Å². The van der Waals surface area contributed by atoms with Crippen molar-refractivity contribution in [1.29, 1.82) is 0 Å². The first-order chi connectivity index (χ1) is 9.65. The third-order valence-corrected chi connectivity index (χ3v) is 4.88. The van der Waals surface area contributed by atoms with Gasteiger partial charge in [0.25, 0.3) is 11.8 Å². The van der Waals surface area contributed by atoms with Gasteiger partial charge in [-0.3, -0.25) is 9.59 Å². The van der Waals surface area contributed by atoms with Gasteiger partial charge in [-0.15, -0.1) is 27.7 Å². The maximum absolute atomic E-state index is 11.9. The Morgan fingerprint density at radius 2 is 1.85 bits per heavy atom. The van der Waals surface area contributed by atoms with Gasteiger partial charge < -0.3 is 4.84 Å². The van der Waals surface area contributed by atoms with E-state index in [2.05, 4.69) is 0 Å².